The first-order valence-electron chi connectivity index (χ1n) is 14.2. The van der Waals surface area contributed by atoms with Crippen molar-refractivity contribution in [3.63, 3.8) is 0 Å². The molecule has 1 aromatic heterocycles. The topological polar surface area (TPSA) is 111 Å². The third kappa shape index (κ3) is 14.6. The SMILES string of the molecule is CN(CCCC(CNC(=O)OC(C)(C)C)NC(=O)OC(C)(C)C)CCCn1cccc(OCc2ccccc2)c1=O. The molecule has 0 aliphatic heterocycles. The van der Waals surface area contributed by atoms with Crippen LogP contribution in [0.1, 0.15) is 66.4 Å². The fourth-order valence-corrected chi connectivity index (χ4v) is 3.99. The number of rotatable bonds is 14. The van der Waals surface area contributed by atoms with Crippen molar-refractivity contribution in [1.29, 1.82) is 0 Å². The van der Waals surface area contributed by atoms with Crippen LogP contribution in [0.5, 0.6) is 5.75 Å². The first-order valence-corrected chi connectivity index (χ1v) is 14.2. The Balaban J connectivity index is 1.80. The predicted octanol–water partition coefficient (Wildman–Crippen LogP) is 4.95. The van der Waals surface area contributed by atoms with E-state index in [0.717, 1.165) is 31.5 Å². The summed E-state index contributed by atoms with van der Waals surface area (Å²) in [4.78, 5) is 39.5. The molecular formula is C31H48N4O6. The summed E-state index contributed by atoms with van der Waals surface area (Å²) in [6, 6.07) is 13.0. The molecule has 2 aromatic rings. The van der Waals surface area contributed by atoms with Crippen LogP contribution >= 0.6 is 0 Å². The number of carbonyl (C=O) groups is 2. The Kier molecular flexibility index (Phi) is 13.2. The standard InChI is InChI=1S/C31H48N4O6/c1-30(2,3)40-28(37)32-22-25(33-29(38)41-31(4,5)6)16-11-18-34(7)19-13-21-35-20-12-17-26(27(35)36)39-23-24-14-9-8-10-15-24/h8-10,12,14-15,17,20,25H,11,13,16,18-19,21-23H2,1-7H3,(H,32,37)(H,33,38). The molecule has 0 saturated heterocycles. The van der Waals surface area contributed by atoms with Crippen LogP contribution in [0.2, 0.25) is 0 Å². The van der Waals surface area contributed by atoms with E-state index < -0.39 is 23.4 Å². The summed E-state index contributed by atoms with van der Waals surface area (Å²) < 4.78 is 18.1. The van der Waals surface area contributed by atoms with Crippen molar-refractivity contribution in [1.82, 2.24) is 20.1 Å². The maximum atomic E-state index is 12.8. The van der Waals surface area contributed by atoms with Crippen LogP contribution in [0.15, 0.2) is 53.5 Å². The molecule has 0 radical (unpaired) electrons. The Morgan fingerprint density at radius 2 is 1.54 bits per heavy atom. The largest absolute Gasteiger partial charge is 0.483 e. The molecule has 228 valence electrons. The molecule has 2 rings (SSSR count). The quantitative estimate of drug-likeness (QED) is 0.330. The number of benzene rings is 1. The predicted molar refractivity (Wildman–Crippen MR) is 160 cm³/mol. The van der Waals surface area contributed by atoms with Crippen LogP contribution < -0.4 is 20.9 Å². The van der Waals surface area contributed by atoms with Gasteiger partial charge in [0.2, 0.25) is 0 Å². The molecule has 2 amide bonds. The molecule has 1 heterocycles. The van der Waals surface area contributed by atoms with E-state index in [2.05, 4.69) is 15.5 Å². The van der Waals surface area contributed by atoms with E-state index in [-0.39, 0.29) is 18.1 Å². The maximum Gasteiger partial charge on any atom is 0.407 e. The highest BCUT2D eigenvalue weighted by atomic mass is 16.6. The second-order valence-electron chi connectivity index (χ2n) is 12.2. The van der Waals surface area contributed by atoms with Gasteiger partial charge in [-0.2, -0.15) is 0 Å². The number of alkyl carbamates (subject to hydrolysis) is 2. The molecule has 1 atom stereocenters. The zero-order valence-electron chi connectivity index (χ0n) is 25.7. The van der Waals surface area contributed by atoms with Gasteiger partial charge in [-0.1, -0.05) is 30.3 Å². The Morgan fingerprint density at radius 1 is 0.902 bits per heavy atom. The third-order valence-corrected chi connectivity index (χ3v) is 5.87. The zero-order valence-corrected chi connectivity index (χ0v) is 25.7. The molecule has 10 nitrogen and oxygen atoms in total. The lowest BCUT2D eigenvalue weighted by molar-refractivity contribution is 0.0460. The highest BCUT2D eigenvalue weighted by Gasteiger charge is 2.21. The molecule has 1 aromatic carbocycles. The van der Waals surface area contributed by atoms with Crippen molar-refractivity contribution in [3.8, 4) is 5.75 Å². The second-order valence-corrected chi connectivity index (χ2v) is 12.2. The molecule has 0 spiro atoms. The van der Waals surface area contributed by atoms with Crippen molar-refractivity contribution < 1.29 is 23.8 Å². The summed E-state index contributed by atoms with van der Waals surface area (Å²) in [5.41, 5.74) is -0.362. The normalized spacial score (nSPS) is 12.5. The van der Waals surface area contributed by atoms with Gasteiger partial charge in [0.15, 0.2) is 5.75 Å². The van der Waals surface area contributed by atoms with E-state index in [0.29, 0.717) is 25.3 Å². The van der Waals surface area contributed by atoms with Gasteiger partial charge in [0.05, 0.1) is 0 Å². The molecule has 0 fully saturated rings. The number of hydrogen-bond donors (Lipinski definition) is 2. The summed E-state index contributed by atoms with van der Waals surface area (Å²) in [7, 11) is 2.03. The van der Waals surface area contributed by atoms with Gasteiger partial charge in [-0.25, -0.2) is 9.59 Å². The van der Waals surface area contributed by atoms with Gasteiger partial charge < -0.3 is 34.3 Å². The molecule has 0 aliphatic carbocycles. The first-order chi connectivity index (χ1) is 19.2. The number of aromatic nitrogens is 1. The number of ether oxygens (including phenoxy) is 3. The van der Waals surface area contributed by atoms with E-state index >= 15 is 0 Å². The smallest absolute Gasteiger partial charge is 0.407 e. The Hall–Kier alpha value is -3.53. The highest BCUT2D eigenvalue weighted by molar-refractivity contribution is 5.69. The Morgan fingerprint density at radius 3 is 2.20 bits per heavy atom. The number of nitrogens with one attached hydrogen (secondary N) is 2. The van der Waals surface area contributed by atoms with Crippen molar-refractivity contribution in [3.05, 3.63) is 64.6 Å². The number of pyridine rings is 1. The van der Waals surface area contributed by atoms with Gasteiger partial charge in [0.25, 0.3) is 5.56 Å². The average molecular weight is 573 g/mol. The van der Waals surface area contributed by atoms with Gasteiger partial charge in [-0.05, 0) is 98.6 Å². The minimum Gasteiger partial charge on any atom is -0.483 e. The van der Waals surface area contributed by atoms with Crippen molar-refractivity contribution in [2.45, 2.75) is 91.2 Å². The Labute approximate surface area is 244 Å². The molecule has 1 unspecified atom stereocenters. The van der Waals surface area contributed by atoms with Crippen molar-refractivity contribution in [2.24, 2.45) is 0 Å². The lowest BCUT2D eigenvalue weighted by Gasteiger charge is -2.25. The summed E-state index contributed by atoms with van der Waals surface area (Å²) in [6.45, 7) is 13.5. The molecule has 41 heavy (non-hydrogen) atoms. The summed E-state index contributed by atoms with van der Waals surface area (Å²) in [6.07, 6.45) is 2.94. The molecule has 2 N–H and O–H groups in total. The van der Waals surface area contributed by atoms with Crippen LogP contribution in [0.25, 0.3) is 0 Å². The number of carbonyl (C=O) groups excluding carboxylic acids is 2. The van der Waals surface area contributed by atoms with Gasteiger partial charge in [-0.3, -0.25) is 4.79 Å². The fourth-order valence-electron chi connectivity index (χ4n) is 3.99. The lowest BCUT2D eigenvalue weighted by atomic mass is 10.1. The summed E-state index contributed by atoms with van der Waals surface area (Å²) >= 11 is 0. The maximum absolute atomic E-state index is 12.8. The molecule has 0 saturated carbocycles. The van der Waals surface area contributed by atoms with E-state index in [9.17, 15) is 14.4 Å². The number of hydrogen-bond acceptors (Lipinski definition) is 7. The minimum atomic E-state index is -0.622. The monoisotopic (exact) mass is 572 g/mol. The van der Waals surface area contributed by atoms with E-state index in [4.69, 9.17) is 14.2 Å². The first kappa shape index (κ1) is 33.7. The fraction of sp³-hybridized carbons (Fsp3) is 0.581. The third-order valence-electron chi connectivity index (χ3n) is 5.87. The molecular weight excluding hydrogens is 524 g/mol. The molecule has 0 bridgehead atoms. The van der Waals surface area contributed by atoms with Crippen molar-refractivity contribution in [2.75, 3.05) is 26.7 Å². The number of nitrogens with zero attached hydrogens (tertiary/aromatic N) is 2. The van der Waals surface area contributed by atoms with Crippen LogP contribution in [-0.4, -0.2) is 65.6 Å². The molecule has 0 aliphatic rings. The van der Waals surface area contributed by atoms with Gasteiger partial charge >= 0.3 is 12.2 Å². The van der Waals surface area contributed by atoms with Crippen LogP contribution in [-0.2, 0) is 22.6 Å². The Bertz CT molecular complexity index is 1140. The summed E-state index contributed by atoms with van der Waals surface area (Å²) in [5, 5.41) is 5.60. The van der Waals surface area contributed by atoms with E-state index in [1.54, 1.807) is 58.4 Å². The van der Waals surface area contributed by atoms with Crippen molar-refractivity contribution >= 4 is 12.2 Å². The average Bonchev–Trinajstić information content (AvgIpc) is 2.86. The van der Waals surface area contributed by atoms with E-state index in [1.807, 2.05) is 43.4 Å². The van der Waals surface area contributed by atoms with Crippen LogP contribution in [0.3, 0.4) is 0 Å². The number of aryl methyl sites for hydroxylation is 1. The lowest BCUT2D eigenvalue weighted by Crippen LogP contribution is -2.46. The highest BCUT2D eigenvalue weighted by Crippen LogP contribution is 2.10. The van der Waals surface area contributed by atoms with Gasteiger partial charge in [-0.15, -0.1) is 0 Å². The van der Waals surface area contributed by atoms with E-state index in [1.165, 1.54) is 0 Å². The zero-order chi connectivity index (χ0) is 30.5. The minimum absolute atomic E-state index is 0.139. The molecule has 10 heteroatoms. The van der Waals surface area contributed by atoms with Crippen LogP contribution in [0.4, 0.5) is 9.59 Å². The number of amides is 2. The van der Waals surface area contributed by atoms with Gasteiger partial charge in [0, 0.05) is 25.3 Å². The second kappa shape index (κ2) is 16.0. The van der Waals surface area contributed by atoms with Gasteiger partial charge in [0.1, 0.15) is 17.8 Å². The summed E-state index contributed by atoms with van der Waals surface area (Å²) in [5.74, 6) is 0.341. The van der Waals surface area contributed by atoms with Crippen LogP contribution in [0, 0.1) is 0 Å².